The van der Waals surface area contributed by atoms with Crippen molar-refractivity contribution in [1.29, 1.82) is 0 Å². The molecule has 8 bridgehead atoms. The van der Waals surface area contributed by atoms with E-state index >= 15 is 0 Å². The van der Waals surface area contributed by atoms with Crippen LogP contribution in [0.5, 0.6) is 0 Å². The van der Waals surface area contributed by atoms with Crippen molar-refractivity contribution < 1.29 is 0 Å². The minimum Gasteiger partial charge on any atom is -0.0558 e. The summed E-state index contributed by atoms with van der Waals surface area (Å²) in [5.74, 6) is 6.31. The molecule has 0 saturated heterocycles. The van der Waals surface area contributed by atoms with Gasteiger partial charge in [0.2, 0.25) is 0 Å². The van der Waals surface area contributed by atoms with E-state index in [0.29, 0.717) is 10.8 Å². The number of hydrogen-bond donors (Lipinski definition) is 0. The first-order valence-electron chi connectivity index (χ1n) is 12.6. The molecule has 150 valence electrons. The molecule has 8 aliphatic carbocycles. The predicted molar refractivity (Wildman–Crippen MR) is 116 cm³/mol. The van der Waals surface area contributed by atoms with Crippen molar-refractivity contribution in [3.63, 3.8) is 0 Å². The van der Waals surface area contributed by atoms with Gasteiger partial charge in [-0.1, -0.05) is 12.1 Å². The van der Waals surface area contributed by atoms with Crippen molar-refractivity contribution in [2.24, 2.45) is 35.5 Å². The molecule has 28 heavy (non-hydrogen) atoms. The molecule has 0 amide bonds. The van der Waals surface area contributed by atoms with E-state index in [2.05, 4.69) is 26.0 Å². The normalized spacial score (nSPS) is 50.5. The lowest BCUT2D eigenvalue weighted by atomic mass is 9.46. The Bertz CT molecular complexity index is 691. The molecule has 0 aliphatic heterocycles. The van der Waals surface area contributed by atoms with Gasteiger partial charge in [0.1, 0.15) is 0 Å². The molecule has 0 spiro atoms. The van der Waals surface area contributed by atoms with Gasteiger partial charge < -0.3 is 0 Å². The molecule has 8 aliphatic rings. The first-order chi connectivity index (χ1) is 13.5. The highest BCUT2D eigenvalue weighted by atomic mass is 14.6. The minimum atomic E-state index is 0.559. The SMILES string of the molecule is Cc1cc(C)c(C23CC4CC(CC(C4)C2)C3)cc1C12CC3CC(CC(C3)C1)C2. The third-order valence-electron chi connectivity index (χ3n) is 10.8. The van der Waals surface area contributed by atoms with Crippen molar-refractivity contribution >= 4 is 0 Å². The number of benzene rings is 1. The van der Waals surface area contributed by atoms with E-state index in [4.69, 9.17) is 0 Å². The molecule has 0 nitrogen and oxygen atoms in total. The maximum Gasteiger partial charge on any atom is -0.00363 e. The zero-order chi connectivity index (χ0) is 18.7. The predicted octanol–water partition coefficient (Wildman–Crippen LogP) is 7.24. The highest BCUT2D eigenvalue weighted by molar-refractivity contribution is 5.47. The Morgan fingerprint density at radius 2 is 0.786 bits per heavy atom. The van der Waals surface area contributed by atoms with Gasteiger partial charge in [0, 0.05) is 0 Å². The third kappa shape index (κ3) is 2.24. The zero-order valence-electron chi connectivity index (χ0n) is 18.1. The van der Waals surface area contributed by atoms with E-state index in [9.17, 15) is 0 Å². The summed E-state index contributed by atoms with van der Waals surface area (Å²) >= 11 is 0. The number of aryl methyl sites for hydroxylation is 2. The summed E-state index contributed by atoms with van der Waals surface area (Å²) < 4.78 is 0. The molecule has 1 aromatic rings. The maximum atomic E-state index is 2.84. The summed E-state index contributed by atoms with van der Waals surface area (Å²) in [7, 11) is 0. The molecule has 0 unspecified atom stereocenters. The standard InChI is InChI=1S/C28H38/c1-17-3-18(2)26(28-14-22-7-23(15-28)9-24(8-22)16-28)10-25(17)27-11-19-4-20(12-27)6-21(5-19)13-27/h3,10,19-24H,4-9,11-16H2,1-2H3. The van der Waals surface area contributed by atoms with Crippen molar-refractivity contribution in [1.82, 2.24) is 0 Å². The van der Waals surface area contributed by atoms with E-state index in [1.807, 2.05) is 11.1 Å². The van der Waals surface area contributed by atoms with Crippen molar-refractivity contribution in [2.75, 3.05) is 0 Å². The maximum absolute atomic E-state index is 2.84. The van der Waals surface area contributed by atoms with Gasteiger partial charge in [-0.05, 0) is 159 Å². The van der Waals surface area contributed by atoms with Crippen LogP contribution in [0.15, 0.2) is 12.1 Å². The fourth-order valence-electron chi connectivity index (χ4n) is 10.9. The van der Waals surface area contributed by atoms with Gasteiger partial charge >= 0.3 is 0 Å². The second-order valence-corrected chi connectivity index (χ2v) is 12.9. The summed E-state index contributed by atoms with van der Waals surface area (Å²) in [5.41, 5.74) is 8.03. The van der Waals surface area contributed by atoms with E-state index in [-0.39, 0.29) is 0 Å². The highest BCUT2D eigenvalue weighted by Gasteiger charge is 2.54. The molecule has 0 N–H and O–H groups in total. The number of hydrogen-bond acceptors (Lipinski definition) is 0. The molecule has 8 saturated carbocycles. The van der Waals surface area contributed by atoms with Crippen LogP contribution in [0, 0.1) is 49.4 Å². The molecular formula is C28H38. The topological polar surface area (TPSA) is 0 Å². The average molecular weight is 375 g/mol. The van der Waals surface area contributed by atoms with E-state index in [1.165, 1.54) is 38.5 Å². The molecule has 9 rings (SSSR count). The molecule has 0 radical (unpaired) electrons. The van der Waals surface area contributed by atoms with Crippen LogP contribution >= 0.6 is 0 Å². The lowest BCUT2D eigenvalue weighted by Crippen LogP contribution is -2.50. The third-order valence-corrected chi connectivity index (χ3v) is 10.8. The average Bonchev–Trinajstić information content (AvgIpc) is 2.58. The minimum absolute atomic E-state index is 0.559. The number of rotatable bonds is 2. The van der Waals surface area contributed by atoms with Crippen LogP contribution in [0.3, 0.4) is 0 Å². The molecule has 0 atom stereocenters. The molecule has 1 aromatic carbocycles. The van der Waals surface area contributed by atoms with Crippen LogP contribution in [0.2, 0.25) is 0 Å². The molecule has 0 aromatic heterocycles. The fourth-order valence-corrected chi connectivity index (χ4v) is 10.9. The Kier molecular flexibility index (Phi) is 3.31. The van der Waals surface area contributed by atoms with Crippen LogP contribution in [0.25, 0.3) is 0 Å². The first-order valence-corrected chi connectivity index (χ1v) is 12.6. The van der Waals surface area contributed by atoms with Gasteiger partial charge in [0.05, 0.1) is 0 Å². The van der Waals surface area contributed by atoms with Gasteiger partial charge in [0.25, 0.3) is 0 Å². The van der Waals surface area contributed by atoms with Crippen LogP contribution < -0.4 is 0 Å². The van der Waals surface area contributed by atoms with Crippen LogP contribution in [-0.4, -0.2) is 0 Å². The van der Waals surface area contributed by atoms with E-state index in [1.54, 1.807) is 49.7 Å². The molecule has 0 heterocycles. The summed E-state index contributed by atoms with van der Waals surface area (Å²) in [4.78, 5) is 0. The summed E-state index contributed by atoms with van der Waals surface area (Å²) in [6, 6.07) is 5.47. The smallest absolute Gasteiger partial charge is 0.00363 e. The van der Waals surface area contributed by atoms with E-state index < -0.39 is 0 Å². The Morgan fingerprint density at radius 3 is 1.07 bits per heavy atom. The van der Waals surface area contributed by atoms with Crippen LogP contribution in [0.1, 0.15) is 99.3 Å². The fraction of sp³-hybridized carbons (Fsp3) is 0.786. The summed E-state index contributed by atoms with van der Waals surface area (Å²) in [6.07, 6.45) is 18.5. The van der Waals surface area contributed by atoms with Crippen molar-refractivity contribution in [3.05, 3.63) is 34.4 Å². The van der Waals surface area contributed by atoms with E-state index in [0.717, 1.165) is 35.5 Å². The van der Waals surface area contributed by atoms with Gasteiger partial charge in [-0.25, -0.2) is 0 Å². The first kappa shape index (κ1) is 17.0. The quantitative estimate of drug-likeness (QED) is 0.512. The molecule has 8 fully saturated rings. The molecular weight excluding hydrogens is 336 g/mol. The van der Waals surface area contributed by atoms with Gasteiger partial charge in [-0.15, -0.1) is 0 Å². The van der Waals surface area contributed by atoms with Crippen LogP contribution in [-0.2, 0) is 10.8 Å². The Balaban J connectivity index is 1.34. The second-order valence-electron chi connectivity index (χ2n) is 12.9. The van der Waals surface area contributed by atoms with Gasteiger partial charge in [-0.2, -0.15) is 0 Å². The molecule has 0 heteroatoms. The lowest BCUT2D eigenvalue weighted by molar-refractivity contribution is -0.00871. The Morgan fingerprint density at radius 1 is 0.500 bits per heavy atom. The van der Waals surface area contributed by atoms with Gasteiger partial charge in [-0.3, -0.25) is 0 Å². The monoisotopic (exact) mass is 374 g/mol. The second kappa shape index (κ2) is 5.47. The van der Waals surface area contributed by atoms with Crippen molar-refractivity contribution in [2.45, 2.75) is 102 Å². The Hall–Kier alpha value is -0.780. The largest absolute Gasteiger partial charge is 0.0558 e. The Labute approximate surface area is 171 Å². The van der Waals surface area contributed by atoms with Crippen molar-refractivity contribution in [3.8, 4) is 0 Å². The lowest BCUT2D eigenvalue weighted by Gasteiger charge is -2.59. The highest BCUT2D eigenvalue weighted by Crippen LogP contribution is 2.64. The summed E-state index contributed by atoms with van der Waals surface area (Å²) in [6.45, 7) is 4.90. The zero-order valence-corrected chi connectivity index (χ0v) is 18.1. The summed E-state index contributed by atoms with van der Waals surface area (Å²) in [5, 5.41) is 0. The van der Waals surface area contributed by atoms with Gasteiger partial charge in [0.15, 0.2) is 0 Å². The van der Waals surface area contributed by atoms with Crippen LogP contribution in [0.4, 0.5) is 0 Å².